The number of ether oxygens (including phenoxy) is 3. The van der Waals surface area contributed by atoms with Crippen LogP contribution in [-0.2, 0) is 39.9 Å². The van der Waals surface area contributed by atoms with Gasteiger partial charge in [0, 0.05) is 40.6 Å². The van der Waals surface area contributed by atoms with Gasteiger partial charge in [0.25, 0.3) is 0 Å². The minimum absolute atomic E-state index is 0.0140. The summed E-state index contributed by atoms with van der Waals surface area (Å²) in [6.07, 6.45) is 0.831. The topological polar surface area (TPSA) is 192 Å². The number of hydrogen-bond acceptors (Lipinski definition) is 11. The summed E-state index contributed by atoms with van der Waals surface area (Å²) >= 11 is 0. The molecule has 1 unspecified atom stereocenters. The Hall–Kier alpha value is -4.64. The number of carbonyl (C=O) groups excluding carboxylic acids is 5. The summed E-state index contributed by atoms with van der Waals surface area (Å²) in [6.45, 7) is 21.5. The second kappa shape index (κ2) is 25.5. The maximum Gasteiger partial charge on any atom is 0.413 e. The fourth-order valence-corrected chi connectivity index (χ4v) is 9.10. The molecule has 0 spiro atoms. The Labute approximate surface area is 394 Å². The van der Waals surface area contributed by atoms with Crippen molar-refractivity contribution in [2.45, 2.75) is 163 Å². The van der Waals surface area contributed by atoms with E-state index in [2.05, 4.69) is 20.9 Å². The first-order chi connectivity index (χ1) is 30.9. The maximum atomic E-state index is 14.7. The van der Waals surface area contributed by atoms with Crippen LogP contribution in [0.2, 0.25) is 0 Å². The fourth-order valence-electron chi connectivity index (χ4n) is 9.10. The van der Waals surface area contributed by atoms with Gasteiger partial charge in [0.1, 0.15) is 17.5 Å². The first-order valence-corrected chi connectivity index (χ1v) is 23.6. The predicted octanol–water partition coefficient (Wildman–Crippen LogP) is 6.18. The quantitative estimate of drug-likeness (QED) is 0.0995. The van der Waals surface area contributed by atoms with Crippen molar-refractivity contribution in [1.29, 1.82) is 0 Å². The van der Waals surface area contributed by atoms with Crippen LogP contribution in [0.5, 0.6) is 0 Å². The molecule has 16 heteroatoms. The van der Waals surface area contributed by atoms with Gasteiger partial charge < -0.3 is 39.8 Å². The molecule has 5 amide bonds. The Morgan fingerprint density at radius 3 is 2.12 bits per heavy atom. The Balaban J connectivity index is 1.76. The van der Waals surface area contributed by atoms with Gasteiger partial charge in [0.15, 0.2) is 0 Å². The molecule has 0 radical (unpaired) electrons. The fraction of sp³-hybridized carbons (Fsp3) is 0.680. The van der Waals surface area contributed by atoms with Crippen molar-refractivity contribution in [2.24, 2.45) is 23.7 Å². The van der Waals surface area contributed by atoms with E-state index in [9.17, 15) is 29.1 Å². The molecule has 2 aromatic rings. The summed E-state index contributed by atoms with van der Waals surface area (Å²) in [5.74, 6) is -1.85. The number of aliphatic hydroxyl groups is 1. The summed E-state index contributed by atoms with van der Waals surface area (Å²) < 4.78 is 17.4. The summed E-state index contributed by atoms with van der Waals surface area (Å²) in [5.41, 5.74) is 0.836. The highest BCUT2D eigenvalue weighted by Gasteiger charge is 2.43. The van der Waals surface area contributed by atoms with Gasteiger partial charge >= 0.3 is 6.09 Å². The van der Waals surface area contributed by atoms with Gasteiger partial charge in [-0.15, -0.1) is 0 Å². The molecular weight excluding hydrogens is 843 g/mol. The van der Waals surface area contributed by atoms with E-state index >= 15 is 0 Å². The first kappa shape index (κ1) is 55.7. The molecule has 0 aliphatic carbocycles. The standard InChI is InChI=1S/C50H81N7O9/c1-16-32(6)43(38(64-14)28-40(58)57-26-20-23-37(57)45(65-15)33(7)46(60)52-34(8)44(59)36-21-18-17-19-22-36)56(13)48(62)41(30(2)3)54-47(61)42(31(4)5)55(12)29-35-24-25-51-39(27-35)53-49(63)66-50(9,10)11/h17-19,21-22,24-25,27,30-34,37-38,41-45,59H,16,20,23,26,28-29H2,1-15H3,(H,52,60)(H,54,61)(H,51,53,63)/t32-,33+,34?,37-,38+,41-,42-,43-,44+,45+/m0/s1. The molecule has 1 aliphatic heterocycles. The summed E-state index contributed by atoms with van der Waals surface area (Å²) in [7, 11) is 6.65. The number of likely N-dealkylation sites (tertiary alicyclic amines) is 1. The van der Waals surface area contributed by atoms with Crippen molar-refractivity contribution in [1.82, 2.24) is 30.3 Å². The van der Waals surface area contributed by atoms with Gasteiger partial charge in [-0.05, 0) is 88.6 Å². The Kier molecular flexibility index (Phi) is 21.5. The Bertz CT molecular complexity index is 1880. The van der Waals surface area contributed by atoms with Crippen molar-refractivity contribution < 1.29 is 43.3 Å². The van der Waals surface area contributed by atoms with Crippen LogP contribution in [0.1, 0.15) is 119 Å². The molecule has 1 aromatic heterocycles. The largest absolute Gasteiger partial charge is 0.444 e. The lowest BCUT2D eigenvalue weighted by atomic mass is 9.89. The monoisotopic (exact) mass is 924 g/mol. The minimum atomic E-state index is -0.899. The molecule has 1 aromatic carbocycles. The van der Waals surface area contributed by atoms with E-state index in [-0.39, 0.29) is 53.8 Å². The van der Waals surface area contributed by atoms with Gasteiger partial charge in [-0.1, -0.05) is 85.2 Å². The van der Waals surface area contributed by atoms with Crippen molar-refractivity contribution in [3.05, 3.63) is 59.8 Å². The number of nitrogens with one attached hydrogen (secondary N) is 3. The van der Waals surface area contributed by atoms with Crippen LogP contribution in [0.4, 0.5) is 10.6 Å². The van der Waals surface area contributed by atoms with Crippen LogP contribution in [0, 0.1) is 23.7 Å². The third kappa shape index (κ3) is 15.5. The van der Waals surface area contributed by atoms with Gasteiger partial charge in [-0.3, -0.25) is 29.4 Å². The second-order valence-corrected chi connectivity index (χ2v) is 19.8. The van der Waals surface area contributed by atoms with E-state index in [0.29, 0.717) is 37.3 Å². The average Bonchev–Trinajstić information content (AvgIpc) is 3.74. The van der Waals surface area contributed by atoms with Crippen molar-refractivity contribution in [3.8, 4) is 0 Å². The molecule has 0 bridgehead atoms. The summed E-state index contributed by atoms with van der Waals surface area (Å²) in [5, 5.41) is 19.6. The van der Waals surface area contributed by atoms with Gasteiger partial charge in [-0.2, -0.15) is 0 Å². The molecule has 66 heavy (non-hydrogen) atoms. The highest BCUT2D eigenvalue weighted by Crippen LogP contribution is 2.30. The van der Waals surface area contributed by atoms with E-state index < -0.39 is 60.1 Å². The lowest BCUT2D eigenvalue weighted by Gasteiger charge is -2.41. The number of likely N-dealkylation sites (N-methyl/N-ethyl adjacent to an activating group) is 2. The number of methoxy groups -OCH3 is 2. The molecule has 370 valence electrons. The number of nitrogens with zero attached hydrogens (tertiary/aromatic N) is 4. The molecule has 3 rings (SSSR count). The number of amides is 5. The van der Waals surface area contributed by atoms with Gasteiger partial charge in [-0.25, -0.2) is 9.78 Å². The van der Waals surface area contributed by atoms with Crippen molar-refractivity contribution in [3.63, 3.8) is 0 Å². The number of benzene rings is 1. The predicted molar refractivity (Wildman–Crippen MR) is 256 cm³/mol. The highest BCUT2D eigenvalue weighted by atomic mass is 16.6. The van der Waals surface area contributed by atoms with Gasteiger partial charge in [0.05, 0.1) is 54.8 Å². The molecule has 1 fully saturated rings. The van der Waals surface area contributed by atoms with E-state index in [1.165, 1.54) is 0 Å². The zero-order chi connectivity index (χ0) is 49.6. The Morgan fingerprint density at radius 2 is 1.56 bits per heavy atom. The zero-order valence-electron chi connectivity index (χ0n) is 42.3. The van der Waals surface area contributed by atoms with Crippen LogP contribution < -0.4 is 16.0 Å². The van der Waals surface area contributed by atoms with Crippen LogP contribution in [0.15, 0.2) is 48.7 Å². The number of carbonyl (C=O) groups is 5. The SMILES string of the molecule is CC[C@H](C)[C@@H]([C@@H](CC(=O)N1CCC[C@H]1[C@H](OC)[C@@H](C)C(=O)NC(C)[C@@H](O)c1ccccc1)OC)N(C)C(=O)[C@@H](NC(=O)[C@H](C(C)C)N(C)Cc1ccnc(NC(=O)OC(C)(C)C)c1)C(C)C. The molecule has 10 atom stereocenters. The third-order valence-electron chi connectivity index (χ3n) is 12.7. The van der Waals surface area contributed by atoms with E-state index in [4.69, 9.17) is 14.2 Å². The first-order valence-electron chi connectivity index (χ1n) is 23.6. The number of anilines is 1. The Morgan fingerprint density at radius 1 is 0.909 bits per heavy atom. The highest BCUT2D eigenvalue weighted by molar-refractivity contribution is 5.90. The molecule has 16 nitrogen and oxygen atoms in total. The zero-order valence-corrected chi connectivity index (χ0v) is 42.3. The summed E-state index contributed by atoms with van der Waals surface area (Å²) in [6, 6.07) is 9.76. The lowest BCUT2D eigenvalue weighted by molar-refractivity contribution is -0.148. The van der Waals surface area contributed by atoms with Crippen LogP contribution in [-0.4, -0.2) is 137 Å². The number of rotatable bonds is 23. The maximum absolute atomic E-state index is 14.7. The molecule has 4 N–H and O–H groups in total. The van der Waals surface area contributed by atoms with E-state index in [1.807, 2.05) is 89.9 Å². The van der Waals surface area contributed by atoms with E-state index in [1.54, 1.807) is 77.9 Å². The smallest absolute Gasteiger partial charge is 0.413 e. The molecular formula is C50H81N7O9. The van der Waals surface area contributed by atoms with E-state index in [0.717, 1.165) is 12.0 Å². The van der Waals surface area contributed by atoms with Crippen LogP contribution in [0.25, 0.3) is 0 Å². The molecule has 1 saturated heterocycles. The third-order valence-corrected chi connectivity index (χ3v) is 12.7. The molecule has 0 saturated carbocycles. The molecule has 1 aliphatic rings. The van der Waals surface area contributed by atoms with Crippen molar-refractivity contribution in [2.75, 3.05) is 40.2 Å². The normalized spacial score (nSPS) is 18.4. The second-order valence-electron chi connectivity index (χ2n) is 19.8. The number of hydrogen-bond donors (Lipinski definition) is 4. The average molecular weight is 924 g/mol. The number of aliphatic hydroxyl groups excluding tert-OH is 1. The number of aromatic nitrogens is 1. The number of pyridine rings is 1. The minimum Gasteiger partial charge on any atom is -0.444 e. The van der Waals surface area contributed by atoms with Gasteiger partial charge in [0.2, 0.25) is 23.6 Å². The van der Waals surface area contributed by atoms with Crippen molar-refractivity contribution >= 4 is 35.5 Å². The molecule has 2 heterocycles. The lowest BCUT2D eigenvalue weighted by Crippen LogP contribution is -2.60. The van der Waals surface area contributed by atoms with Crippen LogP contribution in [0.3, 0.4) is 0 Å². The van der Waals surface area contributed by atoms with Crippen LogP contribution >= 0.6 is 0 Å². The summed E-state index contributed by atoms with van der Waals surface area (Å²) in [4.78, 5) is 78.9.